The quantitative estimate of drug-likeness (QED) is 0.769. The van der Waals surface area contributed by atoms with Crippen LogP contribution < -0.4 is 4.74 Å². The number of carbonyl (C=O) groups is 1. The van der Waals surface area contributed by atoms with E-state index in [4.69, 9.17) is 18.9 Å². The van der Waals surface area contributed by atoms with Gasteiger partial charge in [0.15, 0.2) is 17.7 Å². The van der Waals surface area contributed by atoms with Crippen molar-refractivity contribution < 1.29 is 32.5 Å². The van der Waals surface area contributed by atoms with Crippen LogP contribution in [0.15, 0.2) is 12.1 Å². The first-order chi connectivity index (χ1) is 11.4. The summed E-state index contributed by atoms with van der Waals surface area (Å²) in [5, 5.41) is 0. The van der Waals surface area contributed by atoms with Gasteiger partial charge in [0.25, 0.3) is 0 Å². The second kappa shape index (κ2) is 7.44. The zero-order valence-corrected chi connectivity index (χ0v) is 14.3. The maximum absolute atomic E-state index is 14.1. The normalized spacial score (nSPS) is 26.7. The molecule has 4 atom stereocenters. The third-order valence-electron chi connectivity index (χ3n) is 4.31. The Morgan fingerprint density at radius 1 is 1.21 bits per heavy atom. The second-order valence-corrected chi connectivity index (χ2v) is 6.00. The summed E-state index contributed by atoms with van der Waals surface area (Å²) in [7, 11) is 3.98. The Hall–Kier alpha value is -1.73. The van der Waals surface area contributed by atoms with E-state index in [1.165, 1.54) is 27.4 Å². The maximum atomic E-state index is 14.1. The Balaban J connectivity index is 2.58. The van der Waals surface area contributed by atoms with Gasteiger partial charge in [-0.15, -0.1) is 0 Å². The predicted molar refractivity (Wildman–Crippen MR) is 82.0 cm³/mol. The number of halogens is 2. The number of carbonyl (C=O) groups excluding carboxylic acids is 1. The van der Waals surface area contributed by atoms with Gasteiger partial charge in [0, 0.05) is 12.7 Å². The molecule has 1 heterocycles. The lowest BCUT2D eigenvalue weighted by atomic mass is 9.85. The molecule has 7 heteroatoms. The molecule has 1 aromatic rings. The highest BCUT2D eigenvalue weighted by atomic mass is 19.2. The van der Waals surface area contributed by atoms with Crippen molar-refractivity contribution in [2.45, 2.75) is 38.1 Å². The van der Waals surface area contributed by atoms with Crippen LogP contribution in [0.2, 0.25) is 0 Å². The number of benzene rings is 1. The fraction of sp³-hybridized carbons (Fsp3) is 0.588. The number of ether oxygens (including phenoxy) is 4. The Labute approximate surface area is 139 Å². The minimum atomic E-state index is -1.11. The zero-order chi connectivity index (χ0) is 18.0. The molecule has 1 aromatic carbocycles. The van der Waals surface area contributed by atoms with Crippen LogP contribution in [-0.2, 0) is 19.0 Å². The van der Waals surface area contributed by atoms with Crippen LogP contribution in [0.5, 0.6) is 5.75 Å². The lowest BCUT2D eigenvalue weighted by molar-refractivity contribution is -0.154. The molecule has 134 valence electrons. The molecule has 24 heavy (non-hydrogen) atoms. The van der Waals surface area contributed by atoms with Crippen LogP contribution >= 0.6 is 0 Å². The van der Waals surface area contributed by atoms with Gasteiger partial charge >= 0.3 is 5.97 Å². The van der Waals surface area contributed by atoms with Gasteiger partial charge in [0.05, 0.1) is 32.3 Å². The van der Waals surface area contributed by atoms with E-state index in [9.17, 15) is 13.6 Å². The predicted octanol–water partition coefficient (Wildman–Crippen LogP) is 2.67. The van der Waals surface area contributed by atoms with Crippen molar-refractivity contribution >= 4 is 5.97 Å². The van der Waals surface area contributed by atoms with Gasteiger partial charge in [0.1, 0.15) is 0 Å². The van der Waals surface area contributed by atoms with Gasteiger partial charge in [-0.25, -0.2) is 9.18 Å². The van der Waals surface area contributed by atoms with E-state index in [0.717, 1.165) is 6.07 Å². The van der Waals surface area contributed by atoms with Crippen LogP contribution in [0.25, 0.3) is 0 Å². The average molecular weight is 344 g/mol. The SMILES string of the molecule is COC(=O)[C@@H]1O[C@@H](C(C)C)[C@@H](OC)[C@H]1c1ccc(F)c(F)c1OC. The molecule has 1 aliphatic rings. The molecule has 1 aliphatic heterocycles. The number of hydrogen-bond acceptors (Lipinski definition) is 5. The smallest absolute Gasteiger partial charge is 0.335 e. The highest BCUT2D eigenvalue weighted by molar-refractivity contribution is 5.77. The van der Waals surface area contributed by atoms with Crippen LogP contribution in [0.1, 0.15) is 25.3 Å². The number of esters is 1. The van der Waals surface area contributed by atoms with E-state index in [2.05, 4.69) is 0 Å². The Morgan fingerprint density at radius 2 is 1.88 bits per heavy atom. The van der Waals surface area contributed by atoms with Crippen LogP contribution in [0.3, 0.4) is 0 Å². The summed E-state index contributed by atoms with van der Waals surface area (Å²) in [6, 6.07) is 2.38. The highest BCUT2D eigenvalue weighted by Crippen LogP contribution is 2.44. The summed E-state index contributed by atoms with van der Waals surface area (Å²) in [6.07, 6.45) is -1.93. The molecule has 1 fully saturated rings. The molecule has 1 saturated heterocycles. The van der Waals surface area contributed by atoms with Crippen molar-refractivity contribution in [3.8, 4) is 5.75 Å². The van der Waals surface area contributed by atoms with Gasteiger partial charge in [-0.2, -0.15) is 4.39 Å². The molecule has 0 saturated carbocycles. The van der Waals surface area contributed by atoms with Crippen molar-refractivity contribution in [3.05, 3.63) is 29.3 Å². The first-order valence-electron chi connectivity index (χ1n) is 7.65. The van der Waals surface area contributed by atoms with Gasteiger partial charge in [0.2, 0.25) is 5.82 Å². The summed E-state index contributed by atoms with van der Waals surface area (Å²) in [6.45, 7) is 3.85. The van der Waals surface area contributed by atoms with Crippen molar-refractivity contribution in [1.29, 1.82) is 0 Å². The standard InChI is InChI=1S/C17H22F2O5/c1-8(2)13-15(22-4)11(16(24-13)17(20)23-5)9-6-7-10(18)12(19)14(9)21-3/h6-8,11,13,15-16H,1-5H3/t11-,13+,15+,16-/m1/s1. The molecule has 0 aromatic heterocycles. The minimum Gasteiger partial charge on any atom is -0.493 e. The van der Waals surface area contributed by atoms with Crippen molar-refractivity contribution in [3.63, 3.8) is 0 Å². The Morgan fingerprint density at radius 3 is 2.38 bits per heavy atom. The molecular formula is C17H22F2O5. The Bertz CT molecular complexity index is 605. The molecule has 0 N–H and O–H groups in total. The first-order valence-corrected chi connectivity index (χ1v) is 7.65. The molecule has 0 spiro atoms. The zero-order valence-electron chi connectivity index (χ0n) is 14.3. The molecule has 0 aliphatic carbocycles. The van der Waals surface area contributed by atoms with Crippen LogP contribution in [0, 0.1) is 17.6 Å². The molecule has 0 amide bonds. The van der Waals surface area contributed by atoms with E-state index < -0.39 is 41.8 Å². The Kier molecular flexibility index (Phi) is 5.77. The van der Waals surface area contributed by atoms with E-state index in [1.807, 2.05) is 13.8 Å². The lowest BCUT2D eigenvalue weighted by Gasteiger charge is -2.25. The van der Waals surface area contributed by atoms with Gasteiger partial charge in [-0.1, -0.05) is 19.9 Å². The summed E-state index contributed by atoms with van der Waals surface area (Å²) in [5.74, 6) is -3.63. The summed E-state index contributed by atoms with van der Waals surface area (Å²) >= 11 is 0. The average Bonchev–Trinajstić information content (AvgIpc) is 2.95. The fourth-order valence-corrected chi connectivity index (χ4v) is 3.20. The van der Waals surface area contributed by atoms with Crippen molar-refractivity contribution in [2.75, 3.05) is 21.3 Å². The highest BCUT2D eigenvalue weighted by Gasteiger charge is 2.51. The van der Waals surface area contributed by atoms with Gasteiger partial charge in [-0.3, -0.25) is 0 Å². The number of methoxy groups -OCH3 is 3. The van der Waals surface area contributed by atoms with Crippen LogP contribution in [-0.4, -0.2) is 45.6 Å². The molecule has 0 radical (unpaired) electrons. The largest absolute Gasteiger partial charge is 0.493 e. The van der Waals surface area contributed by atoms with Crippen molar-refractivity contribution in [1.82, 2.24) is 0 Å². The second-order valence-electron chi connectivity index (χ2n) is 6.00. The third-order valence-corrected chi connectivity index (χ3v) is 4.31. The molecule has 2 rings (SSSR count). The fourth-order valence-electron chi connectivity index (χ4n) is 3.20. The van der Waals surface area contributed by atoms with E-state index in [0.29, 0.717) is 5.56 Å². The van der Waals surface area contributed by atoms with Gasteiger partial charge < -0.3 is 18.9 Å². The summed E-state index contributed by atoms with van der Waals surface area (Å²) in [4.78, 5) is 12.2. The van der Waals surface area contributed by atoms with Gasteiger partial charge in [-0.05, 0) is 12.0 Å². The first kappa shape index (κ1) is 18.6. The minimum absolute atomic E-state index is 0.0448. The molecule has 0 unspecified atom stereocenters. The van der Waals surface area contributed by atoms with E-state index in [-0.39, 0.29) is 11.7 Å². The molecular weight excluding hydrogens is 322 g/mol. The van der Waals surface area contributed by atoms with E-state index in [1.54, 1.807) is 0 Å². The summed E-state index contributed by atoms with van der Waals surface area (Å²) in [5.41, 5.74) is 0.307. The van der Waals surface area contributed by atoms with Crippen LogP contribution in [0.4, 0.5) is 8.78 Å². The monoisotopic (exact) mass is 344 g/mol. The topological polar surface area (TPSA) is 54.0 Å². The molecule has 0 bridgehead atoms. The molecule has 5 nitrogen and oxygen atoms in total. The van der Waals surface area contributed by atoms with E-state index >= 15 is 0 Å². The lowest BCUT2D eigenvalue weighted by Crippen LogP contribution is -2.33. The number of hydrogen-bond donors (Lipinski definition) is 0. The summed E-state index contributed by atoms with van der Waals surface area (Å²) < 4.78 is 48.9. The van der Waals surface area contributed by atoms with Crippen molar-refractivity contribution in [2.24, 2.45) is 5.92 Å². The number of rotatable bonds is 5. The third kappa shape index (κ3) is 3.10. The maximum Gasteiger partial charge on any atom is 0.335 e.